The number of para-hydroxylation sites is 1. The van der Waals surface area contributed by atoms with Crippen molar-refractivity contribution in [2.75, 3.05) is 0 Å². The number of aryl methyl sites for hydroxylation is 1. The third-order valence-electron chi connectivity index (χ3n) is 7.64. The number of pyridine rings is 1. The molecule has 0 spiro atoms. The Hall–Kier alpha value is -3.50. The Morgan fingerprint density at radius 1 is 0.974 bits per heavy atom. The summed E-state index contributed by atoms with van der Waals surface area (Å²) in [5.41, 5.74) is 10.1. The minimum Gasteiger partial charge on any atom is -0.267 e. The summed E-state index contributed by atoms with van der Waals surface area (Å²) in [6.45, 7) is 4.18. The number of aromatic nitrogens is 1. The largest absolute Gasteiger partial charge is 0.272 e. The van der Waals surface area contributed by atoms with Crippen molar-refractivity contribution in [3.8, 4) is 11.3 Å². The highest BCUT2D eigenvalue weighted by molar-refractivity contribution is 6.35. The zero-order valence-electron chi connectivity index (χ0n) is 22.1. The van der Waals surface area contributed by atoms with E-state index in [0.29, 0.717) is 39.5 Å². The molecule has 0 aliphatic heterocycles. The van der Waals surface area contributed by atoms with Crippen LogP contribution in [0.3, 0.4) is 0 Å². The van der Waals surface area contributed by atoms with Crippen LogP contribution in [-0.4, -0.2) is 16.6 Å². The molecule has 1 aromatic heterocycles. The van der Waals surface area contributed by atoms with Gasteiger partial charge in [-0.25, -0.2) is 10.4 Å². The molecule has 1 saturated carbocycles. The smallest absolute Gasteiger partial charge is 0.267 e. The number of nitrogens with one attached hydrogen (secondary N) is 1. The van der Waals surface area contributed by atoms with E-state index in [-0.39, 0.29) is 5.91 Å². The van der Waals surface area contributed by atoms with Gasteiger partial charge in [0.1, 0.15) is 0 Å². The molecule has 4 aromatic rings. The lowest BCUT2D eigenvalue weighted by Gasteiger charge is -2.22. The molecule has 3 aromatic carbocycles. The van der Waals surface area contributed by atoms with Gasteiger partial charge >= 0.3 is 0 Å². The maximum Gasteiger partial charge on any atom is 0.272 e. The van der Waals surface area contributed by atoms with E-state index >= 15 is 0 Å². The van der Waals surface area contributed by atoms with Crippen LogP contribution >= 0.6 is 11.6 Å². The lowest BCUT2D eigenvalue weighted by molar-refractivity contribution is 0.0956. The SMILES string of the molecule is CCC(=NNC(=O)c1cc(-c2ccc(CC)cc2)nc2c(Cl)cccc12)c1ccc(C2CCCCC2)cc1. The fourth-order valence-electron chi connectivity index (χ4n) is 5.37. The third-order valence-corrected chi connectivity index (χ3v) is 7.95. The van der Waals surface area contributed by atoms with Crippen molar-refractivity contribution < 1.29 is 4.79 Å². The molecule has 1 N–H and O–H groups in total. The minimum atomic E-state index is -0.282. The summed E-state index contributed by atoms with van der Waals surface area (Å²) in [4.78, 5) is 18.3. The molecule has 5 rings (SSSR count). The van der Waals surface area contributed by atoms with Crippen LogP contribution in [0.5, 0.6) is 0 Å². The lowest BCUT2D eigenvalue weighted by Crippen LogP contribution is -2.20. The van der Waals surface area contributed by atoms with E-state index in [2.05, 4.69) is 60.8 Å². The summed E-state index contributed by atoms with van der Waals surface area (Å²) in [6, 6.07) is 24.3. The van der Waals surface area contributed by atoms with E-state index in [0.717, 1.165) is 23.3 Å². The molecule has 1 amide bonds. The van der Waals surface area contributed by atoms with Crippen molar-refractivity contribution in [3.05, 3.63) is 100 Å². The molecule has 1 fully saturated rings. The minimum absolute atomic E-state index is 0.282. The molecule has 1 aliphatic carbocycles. The van der Waals surface area contributed by atoms with Crippen LogP contribution in [0.15, 0.2) is 77.9 Å². The van der Waals surface area contributed by atoms with Crippen LogP contribution in [0.2, 0.25) is 5.02 Å². The average molecular weight is 524 g/mol. The first-order chi connectivity index (χ1) is 18.6. The van der Waals surface area contributed by atoms with Gasteiger partial charge in [0.25, 0.3) is 5.91 Å². The quantitative estimate of drug-likeness (QED) is 0.194. The molecule has 4 nitrogen and oxygen atoms in total. The molecule has 0 radical (unpaired) electrons. The van der Waals surface area contributed by atoms with Gasteiger partial charge in [0, 0.05) is 10.9 Å². The van der Waals surface area contributed by atoms with Gasteiger partial charge in [0.2, 0.25) is 0 Å². The number of hydrogen-bond donors (Lipinski definition) is 1. The molecular formula is C33H34ClN3O. The number of hydrogen-bond acceptors (Lipinski definition) is 3. The van der Waals surface area contributed by atoms with Gasteiger partial charge in [0.15, 0.2) is 0 Å². The monoisotopic (exact) mass is 523 g/mol. The van der Waals surface area contributed by atoms with E-state index in [9.17, 15) is 4.79 Å². The average Bonchev–Trinajstić information content (AvgIpc) is 2.98. The maximum atomic E-state index is 13.5. The number of carbonyl (C=O) groups excluding carboxylic acids is 1. The fourth-order valence-corrected chi connectivity index (χ4v) is 5.59. The van der Waals surface area contributed by atoms with Crippen LogP contribution in [0.4, 0.5) is 0 Å². The number of fused-ring (bicyclic) bond motifs is 1. The second-order valence-corrected chi connectivity index (χ2v) is 10.5. The fraction of sp³-hybridized carbons (Fsp3) is 0.303. The molecule has 0 atom stereocenters. The normalized spacial score (nSPS) is 14.6. The molecule has 0 unspecified atom stereocenters. The van der Waals surface area contributed by atoms with Crippen molar-refractivity contribution in [1.29, 1.82) is 0 Å². The van der Waals surface area contributed by atoms with Gasteiger partial charge in [0.05, 0.1) is 27.5 Å². The number of rotatable bonds is 7. The predicted octanol–water partition coefficient (Wildman–Crippen LogP) is 8.71. The first-order valence-electron chi connectivity index (χ1n) is 13.7. The Bertz CT molecular complexity index is 1450. The van der Waals surface area contributed by atoms with Crippen LogP contribution in [0, 0.1) is 0 Å². The summed E-state index contributed by atoms with van der Waals surface area (Å²) in [5.74, 6) is 0.384. The Morgan fingerprint density at radius 2 is 1.71 bits per heavy atom. The summed E-state index contributed by atoms with van der Waals surface area (Å²) >= 11 is 6.52. The highest BCUT2D eigenvalue weighted by Crippen LogP contribution is 2.33. The number of nitrogens with zero attached hydrogens (tertiary/aromatic N) is 2. The third kappa shape index (κ3) is 5.66. The second kappa shape index (κ2) is 11.9. The Labute approximate surface area is 230 Å². The van der Waals surface area contributed by atoms with E-state index < -0.39 is 0 Å². The lowest BCUT2D eigenvalue weighted by atomic mass is 9.84. The molecule has 1 heterocycles. The molecule has 0 bridgehead atoms. The van der Waals surface area contributed by atoms with Gasteiger partial charge in [-0.15, -0.1) is 0 Å². The number of halogens is 1. The molecule has 1 aliphatic rings. The van der Waals surface area contributed by atoms with Crippen LogP contribution in [0.1, 0.15) is 85.3 Å². The topological polar surface area (TPSA) is 54.4 Å². The van der Waals surface area contributed by atoms with Crippen molar-refractivity contribution in [1.82, 2.24) is 10.4 Å². The number of amides is 1. The van der Waals surface area contributed by atoms with Gasteiger partial charge in [-0.05, 0) is 60.4 Å². The van der Waals surface area contributed by atoms with E-state index in [1.54, 1.807) is 6.07 Å². The molecule has 0 saturated heterocycles. The first-order valence-corrected chi connectivity index (χ1v) is 14.1. The van der Waals surface area contributed by atoms with E-state index in [1.165, 1.54) is 43.2 Å². The molecule has 194 valence electrons. The van der Waals surface area contributed by atoms with Gasteiger partial charge in [-0.2, -0.15) is 5.10 Å². The first kappa shape index (κ1) is 26.1. The highest BCUT2D eigenvalue weighted by atomic mass is 35.5. The van der Waals surface area contributed by atoms with Gasteiger partial charge < -0.3 is 0 Å². The zero-order chi connectivity index (χ0) is 26.5. The van der Waals surface area contributed by atoms with Gasteiger partial charge in [-0.1, -0.05) is 105 Å². The van der Waals surface area contributed by atoms with E-state index in [1.807, 2.05) is 30.3 Å². The summed E-state index contributed by atoms with van der Waals surface area (Å²) in [5, 5.41) is 5.77. The molecule has 38 heavy (non-hydrogen) atoms. The van der Waals surface area contributed by atoms with Gasteiger partial charge in [-0.3, -0.25) is 4.79 Å². The standard InChI is InChI=1S/C33H34ClN3O/c1-3-22-13-15-26(16-14-22)31-21-28(27-11-8-12-29(34)32(27)35-31)33(38)37-36-30(4-2)25-19-17-24(18-20-25)23-9-6-5-7-10-23/h8,11-21,23H,3-7,9-10H2,1-2H3,(H,37,38). The highest BCUT2D eigenvalue weighted by Gasteiger charge is 2.17. The number of carbonyl (C=O) groups is 1. The van der Waals surface area contributed by atoms with Crippen molar-refractivity contribution >= 4 is 34.1 Å². The van der Waals surface area contributed by atoms with Crippen molar-refractivity contribution in [3.63, 3.8) is 0 Å². The maximum absolute atomic E-state index is 13.5. The van der Waals surface area contributed by atoms with Crippen molar-refractivity contribution in [2.24, 2.45) is 5.10 Å². The van der Waals surface area contributed by atoms with Crippen LogP contribution in [0.25, 0.3) is 22.2 Å². The molecule has 5 heteroatoms. The summed E-state index contributed by atoms with van der Waals surface area (Å²) in [7, 11) is 0. The summed E-state index contributed by atoms with van der Waals surface area (Å²) in [6.07, 6.45) is 8.22. The number of hydrazone groups is 1. The Morgan fingerprint density at radius 3 is 2.39 bits per heavy atom. The Balaban J connectivity index is 1.43. The van der Waals surface area contributed by atoms with E-state index in [4.69, 9.17) is 16.6 Å². The zero-order valence-corrected chi connectivity index (χ0v) is 22.9. The second-order valence-electron chi connectivity index (χ2n) is 10.1. The van der Waals surface area contributed by atoms with Crippen molar-refractivity contribution in [2.45, 2.75) is 64.7 Å². The Kier molecular flexibility index (Phi) is 8.19. The number of benzene rings is 3. The van der Waals surface area contributed by atoms with Crippen LogP contribution < -0.4 is 5.43 Å². The molecular weight excluding hydrogens is 490 g/mol. The van der Waals surface area contributed by atoms with Crippen LogP contribution in [-0.2, 0) is 6.42 Å². The predicted molar refractivity (Wildman–Crippen MR) is 158 cm³/mol. The summed E-state index contributed by atoms with van der Waals surface area (Å²) < 4.78 is 0.